The predicted octanol–water partition coefficient (Wildman–Crippen LogP) is 2.06. The molecular formula is C16H15FN2O2. The molecule has 1 aliphatic rings. The van der Waals surface area contributed by atoms with Crippen LogP contribution >= 0.6 is 0 Å². The van der Waals surface area contributed by atoms with E-state index >= 15 is 0 Å². The number of fused-ring (bicyclic) bond motifs is 1. The van der Waals surface area contributed by atoms with Gasteiger partial charge in [0.15, 0.2) is 0 Å². The molecule has 4 nitrogen and oxygen atoms in total. The van der Waals surface area contributed by atoms with Gasteiger partial charge in [-0.15, -0.1) is 0 Å². The Hall–Kier alpha value is -2.40. The number of benzene rings is 2. The molecule has 0 spiro atoms. The molecular weight excluding hydrogens is 271 g/mol. The summed E-state index contributed by atoms with van der Waals surface area (Å²) in [5, 5.41) is 15.1. The molecule has 0 saturated carbocycles. The number of nitrogens with one attached hydrogen (secondary N) is 2. The summed E-state index contributed by atoms with van der Waals surface area (Å²) in [6.45, 7) is 2.05. The SMILES string of the molecule is O=C(NCc1ccc2c(c1)CNC2)c1ccc(O)cc1F. The zero-order valence-electron chi connectivity index (χ0n) is 11.3. The minimum atomic E-state index is -0.731. The summed E-state index contributed by atoms with van der Waals surface area (Å²) >= 11 is 0. The van der Waals surface area contributed by atoms with Crippen molar-refractivity contribution >= 4 is 5.91 Å². The lowest BCUT2D eigenvalue weighted by Gasteiger charge is -2.08. The van der Waals surface area contributed by atoms with Crippen molar-refractivity contribution in [2.45, 2.75) is 19.6 Å². The number of carbonyl (C=O) groups is 1. The summed E-state index contributed by atoms with van der Waals surface area (Å²) in [7, 11) is 0. The highest BCUT2D eigenvalue weighted by Gasteiger charge is 2.13. The summed E-state index contributed by atoms with van der Waals surface area (Å²) in [6, 6.07) is 9.53. The lowest BCUT2D eigenvalue weighted by molar-refractivity contribution is 0.0947. The second kappa shape index (κ2) is 5.54. The molecule has 3 N–H and O–H groups in total. The van der Waals surface area contributed by atoms with E-state index in [4.69, 9.17) is 5.11 Å². The van der Waals surface area contributed by atoms with Crippen LogP contribution in [-0.4, -0.2) is 11.0 Å². The van der Waals surface area contributed by atoms with E-state index < -0.39 is 11.7 Å². The van der Waals surface area contributed by atoms with Crippen LogP contribution in [-0.2, 0) is 19.6 Å². The van der Waals surface area contributed by atoms with Gasteiger partial charge in [0.1, 0.15) is 11.6 Å². The van der Waals surface area contributed by atoms with E-state index in [1.54, 1.807) is 0 Å². The highest BCUT2D eigenvalue weighted by molar-refractivity contribution is 5.94. The minimum absolute atomic E-state index is 0.0735. The molecule has 21 heavy (non-hydrogen) atoms. The van der Waals surface area contributed by atoms with Crippen LogP contribution in [0.1, 0.15) is 27.0 Å². The summed E-state index contributed by atoms with van der Waals surface area (Å²) in [6.07, 6.45) is 0. The van der Waals surface area contributed by atoms with Crippen molar-refractivity contribution in [3.63, 3.8) is 0 Å². The zero-order valence-corrected chi connectivity index (χ0v) is 11.3. The van der Waals surface area contributed by atoms with Crippen molar-refractivity contribution in [2.75, 3.05) is 0 Å². The van der Waals surface area contributed by atoms with Crippen molar-refractivity contribution in [3.8, 4) is 5.75 Å². The van der Waals surface area contributed by atoms with Crippen LogP contribution < -0.4 is 10.6 Å². The van der Waals surface area contributed by atoms with Crippen molar-refractivity contribution in [1.29, 1.82) is 0 Å². The maximum absolute atomic E-state index is 13.6. The molecule has 5 heteroatoms. The van der Waals surface area contributed by atoms with Gasteiger partial charge in [-0.2, -0.15) is 0 Å². The number of phenols is 1. The Balaban J connectivity index is 1.68. The average Bonchev–Trinajstić information content (AvgIpc) is 2.92. The molecule has 1 amide bonds. The van der Waals surface area contributed by atoms with E-state index in [-0.39, 0.29) is 11.3 Å². The van der Waals surface area contributed by atoms with Crippen LogP contribution in [0.15, 0.2) is 36.4 Å². The lowest BCUT2D eigenvalue weighted by atomic mass is 10.1. The molecule has 108 valence electrons. The summed E-state index contributed by atoms with van der Waals surface area (Å²) in [4.78, 5) is 11.9. The quantitative estimate of drug-likeness (QED) is 0.809. The van der Waals surface area contributed by atoms with Crippen LogP contribution in [0.25, 0.3) is 0 Å². The van der Waals surface area contributed by atoms with Gasteiger partial charge in [0, 0.05) is 25.7 Å². The van der Waals surface area contributed by atoms with Crippen LogP contribution in [0.2, 0.25) is 0 Å². The lowest BCUT2D eigenvalue weighted by Crippen LogP contribution is -2.23. The third kappa shape index (κ3) is 2.87. The van der Waals surface area contributed by atoms with Gasteiger partial charge >= 0.3 is 0 Å². The molecule has 0 fully saturated rings. The highest BCUT2D eigenvalue weighted by atomic mass is 19.1. The Kier molecular flexibility index (Phi) is 3.58. The number of carbonyl (C=O) groups excluding carboxylic acids is 1. The van der Waals surface area contributed by atoms with Crippen LogP contribution in [0.4, 0.5) is 4.39 Å². The fraction of sp³-hybridized carbons (Fsp3) is 0.188. The number of hydrogen-bond donors (Lipinski definition) is 3. The Bertz CT molecular complexity index is 701. The molecule has 1 aliphatic heterocycles. The van der Waals surface area contributed by atoms with Gasteiger partial charge in [-0.25, -0.2) is 4.39 Å². The van der Waals surface area contributed by atoms with Gasteiger partial charge in [0.2, 0.25) is 0 Å². The highest BCUT2D eigenvalue weighted by Crippen LogP contribution is 2.18. The monoisotopic (exact) mass is 286 g/mol. The molecule has 2 aromatic rings. The normalized spacial score (nSPS) is 13.0. The Morgan fingerprint density at radius 2 is 2.00 bits per heavy atom. The molecule has 0 radical (unpaired) electrons. The van der Waals surface area contributed by atoms with Gasteiger partial charge in [0.25, 0.3) is 5.91 Å². The molecule has 1 heterocycles. The fourth-order valence-electron chi connectivity index (χ4n) is 2.42. The Morgan fingerprint density at radius 1 is 1.19 bits per heavy atom. The maximum atomic E-state index is 13.6. The predicted molar refractivity (Wildman–Crippen MR) is 76.2 cm³/mol. The molecule has 0 aromatic heterocycles. The van der Waals surface area contributed by atoms with Crippen LogP contribution in [0, 0.1) is 5.82 Å². The molecule has 0 aliphatic carbocycles. The van der Waals surface area contributed by atoms with Crippen molar-refractivity contribution < 1.29 is 14.3 Å². The van der Waals surface area contributed by atoms with Crippen LogP contribution in [0.5, 0.6) is 5.75 Å². The van der Waals surface area contributed by atoms with Gasteiger partial charge in [-0.3, -0.25) is 4.79 Å². The molecule has 0 saturated heterocycles. The van der Waals surface area contributed by atoms with Crippen molar-refractivity contribution in [2.24, 2.45) is 0 Å². The molecule has 0 unspecified atom stereocenters. The molecule has 3 rings (SSSR count). The standard InChI is InChI=1S/C16H15FN2O2/c17-15-6-13(20)3-4-14(15)16(21)19-7-10-1-2-11-8-18-9-12(11)5-10/h1-6,18,20H,7-9H2,(H,19,21). The Morgan fingerprint density at radius 3 is 2.81 bits per heavy atom. The van der Waals surface area contributed by atoms with E-state index in [0.29, 0.717) is 6.54 Å². The average molecular weight is 286 g/mol. The smallest absolute Gasteiger partial charge is 0.254 e. The fourth-order valence-corrected chi connectivity index (χ4v) is 2.42. The van der Waals surface area contributed by atoms with E-state index in [9.17, 15) is 9.18 Å². The summed E-state index contributed by atoms with van der Waals surface area (Å²) in [5.74, 6) is -1.42. The maximum Gasteiger partial charge on any atom is 0.254 e. The Labute approximate surface area is 121 Å². The van der Waals surface area contributed by atoms with Gasteiger partial charge in [-0.05, 0) is 28.8 Å². The van der Waals surface area contributed by atoms with Gasteiger partial charge in [0.05, 0.1) is 5.56 Å². The second-order valence-electron chi connectivity index (χ2n) is 5.05. The van der Waals surface area contributed by atoms with Gasteiger partial charge in [-0.1, -0.05) is 18.2 Å². The van der Waals surface area contributed by atoms with Crippen molar-refractivity contribution in [3.05, 3.63) is 64.5 Å². The number of aromatic hydroxyl groups is 1. The zero-order chi connectivity index (χ0) is 14.8. The van der Waals surface area contributed by atoms with Gasteiger partial charge < -0.3 is 15.7 Å². The first-order chi connectivity index (χ1) is 10.1. The minimum Gasteiger partial charge on any atom is -0.508 e. The first-order valence-electron chi connectivity index (χ1n) is 6.71. The number of rotatable bonds is 3. The first-order valence-corrected chi connectivity index (χ1v) is 6.71. The van der Waals surface area contributed by atoms with E-state index in [0.717, 1.165) is 24.7 Å². The molecule has 0 bridgehead atoms. The molecule has 0 atom stereocenters. The van der Waals surface area contributed by atoms with E-state index in [2.05, 4.69) is 10.6 Å². The number of halogens is 1. The largest absolute Gasteiger partial charge is 0.508 e. The first kappa shape index (κ1) is 13.6. The number of hydrogen-bond acceptors (Lipinski definition) is 3. The third-order valence-corrected chi connectivity index (χ3v) is 3.55. The second-order valence-corrected chi connectivity index (χ2v) is 5.05. The summed E-state index contributed by atoms with van der Waals surface area (Å²) in [5.41, 5.74) is 3.41. The number of phenolic OH excluding ortho intramolecular Hbond substituents is 1. The topological polar surface area (TPSA) is 61.4 Å². The number of amides is 1. The van der Waals surface area contributed by atoms with Crippen molar-refractivity contribution in [1.82, 2.24) is 10.6 Å². The van der Waals surface area contributed by atoms with E-state index in [1.807, 2.05) is 18.2 Å². The van der Waals surface area contributed by atoms with E-state index in [1.165, 1.54) is 23.3 Å². The summed E-state index contributed by atoms with van der Waals surface area (Å²) < 4.78 is 13.6. The molecule has 2 aromatic carbocycles. The van der Waals surface area contributed by atoms with Crippen LogP contribution in [0.3, 0.4) is 0 Å². The third-order valence-electron chi connectivity index (χ3n) is 3.55.